The van der Waals surface area contributed by atoms with Gasteiger partial charge in [0.1, 0.15) is 5.82 Å². The van der Waals surface area contributed by atoms with Gasteiger partial charge in [0.2, 0.25) is 0 Å². The molecule has 20 heavy (non-hydrogen) atoms. The van der Waals surface area contributed by atoms with Gasteiger partial charge in [0.05, 0.1) is 0 Å². The molecule has 1 aliphatic heterocycles. The van der Waals surface area contributed by atoms with Crippen molar-refractivity contribution in [3.8, 4) is 0 Å². The molecule has 1 aliphatic rings. The summed E-state index contributed by atoms with van der Waals surface area (Å²) in [5, 5.41) is 0. The van der Waals surface area contributed by atoms with Gasteiger partial charge in [-0.1, -0.05) is 32.9 Å². The summed E-state index contributed by atoms with van der Waals surface area (Å²) in [6.07, 6.45) is 2.07. The second kappa shape index (κ2) is 6.88. The lowest BCUT2D eigenvalue weighted by Gasteiger charge is -2.45. The van der Waals surface area contributed by atoms with E-state index in [9.17, 15) is 4.39 Å². The topological polar surface area (TPSA) is 29.3 Å². The Morgan fingerprint density at radius 1 is 1.35 bits per heavy atom. The summed E-state index contributed by atoms with van der Waals surface area (Å²) in [5.74, 6) is -0.167. The van der Waals surface area contributed by atoms with Gasteiger partial charge in [0.15, 0.2) is 0 Å². The van der Waals surface area contributed by atoms with E-state index >= 15 is 0 Å². The standard InChI is InChI=1S/C16H25FN2.ClH/c1-4-14(12-5-7-13(17)8-6-12)19-10-9-15(18)16(2,3)11-19;/h5-8,14-15H,4,9-11,18H2,1-3H3;1H. The molecule has 0 aliphatic carbocycles. The van der Waals surface area contributed by atoms with Crippen molar-refractivity contribution < 1.29 is 4.39 Å². The first kappa shape index (κ1) is 17.4. The van der Waals surface area contributed by atoms with Crippen LogP contribution in [-0.4, -0.2) is 24.0 Å². The SMILES string of the molecule is CCC(c1ccc(F)cc1)N1CCC(N)C(C)(C)C1.Cl. The highest BCUT2D eigenvalue weighted by Gasteiger charge is 2.35. The smallest absolute Gasteiger partial charge is 0.123 e. The Bertz CT molecular complexity index is 419. The molecule has 0 saturated carbocycles. The molecule has 0 amide bonds. The fourth-order valence-electron chi connectivity index (χ4n) is 3.07. The summed E-state index contributed by atoms with van der Waals surface area (Å²) in [4.78, 5) is 2.50. The third-order valence-electron chi connectivity index (χ3n) is 4.42. The lowest BCUT2D eigenvalue weighted by molar-refractivity contribution is 0.0588. The second-order valence-electron chi connectivity index (χ2n) is 6.33. The van der Waals surface area contributed by atoms with Crippen molar-refractivity contribution in [1.82, 2.24) is 4.90 Å². The minimum Gasteiger partial charge on any atom is -0.327 e. The van der Waals surface area contributed by atoms with E-state index in [4.69, 9.17) is 5.73 Å². The van der Waals surface area contributed by atoms with Crippen LogP contribution >= 0.6 is 12.4 Å². The van der Waals surface area contributed by atoms with Crippen LogP contribution in [0.3, 0.4) is 0 Å². The molecule has 2 rings (SSSR count). The van der Waals surface area contributed by atoms with Crippen molar-refractivity contribution in [1.29, 1.82) is 0 Å². The van der Waals surface area contributed by atoms with Gasteiger partial charge >= 0.3 is 0 Å². The molecule has 2 nitrogen and oxygen atoms in total. The van der Waals surface area contributed by atoms with Gasteiger partial charge in [-0.15, -0.1) is 12.4 Å². The fraction of sp³-hybridized carbons (Fsp3) is 0.625. The first-order chi connectivity index (χ1) is 8.94. The summed E-state index contributed by atoms with van der Waals surface area (Å²) in [6.45, 7) is 8.70. The summed E-state index contributed by atoms with van der Waals surface area (Å²) in [7, 11) is 0. The number of likely N-dealkylation sites (tertiary alicyclic amines) is 1. The van der Waals surface area contributed by atoms with E-state index < -0.39 is 0 Å². The molecule has 1 aromatic carbocycles. The largest absolute Gasteiger partial charge is 0.327 e. The molecule has 1 heterocycles. The van der Waals surface area contributed by atoms with Crippen LogP contribution in [0.5, 0.6) is 0 Å². The highest BCUT2D eigenvalue weighted by atomic mass is 35.5. The molecule has 0 radical (unpaired) electrons. The molecule has 0 aromatic heterocycles. The highest BCUT2D eigenvalue weighted by molar-refractivity contribution is 5.85. The number of nitrogens with two attached hydrogens (primary N) is 1. The predicted molar refractivity (Wildman–Crippen MR) is 84.6 cm³/mol. The third kappa shape index (κ3) is 3.72. The molecular weight excluding hydrogens is 275 g/mol. The Balaban J connectivity index is 0.00000200. The van der Waals surface area contributed by atoms with Gasteiger partial charge in [-0.05, 0) is 36.0 Å². The van der Waals surface area contributed by atoms with Gasteiger partial charge in [-0.25, -0.2) is 4.39 Å². The van der Waals surface area contributed by atoms with Crippen LogP contribution in [0.15, 0.2) is 24.3 Å². The molecule has 1 fully saturated rings. The van der Waals surface area contributed by atoms with Crippen molar-refractivity contribution in [2.75, 3.05) is 13.1 Å². The molecule has 114 valence electrons. The van der Waals surface area contributed by atoms with Crippen molar-refractivity contribution in [2.45, 2.75) is 45.7 Å². The van der Waals surface area contributed by atoms with E-state index in [0.717, 1.165) is 25.9 Å². The maximum Gasteiger partial charge on any atom is 0.123 e. The van der Waals surface area contributed by atoms with Crippen molar-refractivity contribution in [2.24, 2.45) is 11.1 Å². The number of halogens is 2. The van der Waals surface area contributed by atoms with Crippen LogP contribution in [-0.2, 0) is 0 Å². The summed E-state index contributed by atoms with van der Waals surface area (Å²) < 4.78 is 13.0. The fourth-order valence-corrected chi connectivity index (χ4v) is 3.07. The van der Waals surface area contributed by atoms with E-state index in [1.165, 1.54) is 5.56 Å². The molecule has 1 aromatic rings. The normalized spacial score (nSPS) is 23.9. The number of rotatable bonds is 3. The zero-order valence-corrected chi connectivity index (χ0v) is 13.4. The zero-order chi connectivity index (χ0) is 14.0. The van der Waals surface area contributed by atoms with Crippen LogP contribution < -0.4 is 5.73 Å². The highest BCUT2D eigenvalue weighted by Crippen LogP contribution is 2.34. The van der Waals surface area contributed by atoms with E-state index in [2.05, 4.69) is 25.7 Å². The van der Waals surface area contributed by atoms with Crippen molar-refractivity contribution in [3.63, 3.8) is 0 Å². The Labute approximate surface area is 127 Å². The molecule has 2 N–H and O–H groups in total. The number of benzene rings is 1. The van der Waals surface area contributed by atoms with Crippen LogP contribution in [0.1, 0.15) is 45.2 Å². The van der Waals surface area contributed by atoms with Crippen LogP contribution in [0.4, 0.5) is 4.39 Å². The van der Waals surface area contributed by atoms with E-state index in [1.54, 1.807) is 12.1 Å². The molecule has 0 spiro atoms. The summed E-state index contributed by atoms with van der Waals surface area (Å²) >= 11 is 0. The maximum atomic E-state index is 13.0. The minimum atomic E-state index is -0.167. The average Bonchev–Trinajstić information content (AvgIpc) is 2.36. The third-order valence-corrected chi connectivity index (χ3v) is 4.42. The van der Waals surface area contributed by atoms with Gasteiger partial charge in [0.25, 0.3) is 0 Å². The summed E-state index contributed by atoms with van der Waals surface area (Å²) in [5.41, 5.74) is 7.55. The Hall–Kier alpha value is -0.640. The predicted octanol–water partition coefficient (Wildman–Crippen LogP) is 3.76. The van der Waals surface area contributed by atoms with Gasteiger partial charge < -0.3 is 5.73 Å². The average molecular weight is 301 g/mol. The number of piperidine rings is 1. The summed E-state index contributed by atoms with van der Waals surface area (Å²) in [6, 6.07) is 7.56. The molecule has 0 bridgehead atoms. The van der Waals surface area contributed by atoms with Gasteiger partial charge in [-0.2, -0.15) is 0 Å². The van der Waals surface area contributed by atoms with Crippen LogP contribution in [0, 0.1) is 11.2 Å². The second-order valence-corrected chi connectivity index (χ2v) is 6.33. The number of hydrogen-bond acceptors (Lipinski definition) is 2. The lowest BCUT2D eigenvalue weighted by Crippen LogP contribution is -2.53. The van der Waals surface area contributed by atoms with Gasteiger partial charge in [0, 0.05) is 25.2 Å². The lowest BCUT2D eigenvalue weighted by atomic mass is 9.78. The minimum absolute atomic E-state index is 0. The maximum absolute atomic E-state index is 13.0. The van der Waals surface area contributed by atoms with E-state index in [1.807, 2.05) is 12.1 Å². The van der Waals surface area contributed by atoms with Crippen molar-refractivity contribution in [3.05, 3.63) is 35.6 Å². The number of nitrogens with zero attached hydrogens (tertiary/aromatic N) is 1. The first-order valence-corrected chi connectivity index (χ1v) is 7.19. The molecule has 2 atom stereocenters. The van der Waals surface area contributed by atoms with E-state index in [0.29, 0.717) is 6.04 Å². The first-order valence-electron chi connectivity index (χ1n) is 7.19. The molecule has 4 heteroatoms. The van der Waals surface area contributed by atoms with Crippen LogP contribution in [0.2, 0.25) is 0 Å². The van der Waals surface area contributed by atoms with E-state index in [-0.39, 0.29) is 29.7 Å². The molecule has 2 unspecified atom stereocenters. The zero-order valence-electron chi connectivity index (χ0n) is 12.6. The molecular formula is C16H26ClFN2. The monoisotopic (exact) mass is 300 g/mol. The number of hydrogen-bond donors (Lipinski definition) is 1. The van der Waals surface area contributed by atoms with Gasteiger partial charge in [-0.3, -0.25) is 4.90 Å². The Kier molecular flexibility index (Phi) is 5.99. The Morgan fingerprint density at radius 2 is 1.95 bits per heavy atom. The Morgan fingerprint density at radius 3 is 2.45 bits per heavy atom. The quantitative estimate of drug-likeness (QED) is 0.921. The van der Waals surface area contributed by atoms with Crippen molar-refractivity contribution >= 4 is 12.4 Å². The van der Waals surface area contributed by atoms with Crippen LogP contribution in [0.25, 0.3) is 0 Å². The molecule has 1 saturated heterocycles.